The number of rotatable bonds is 3. The van der Waals surface area contributed by atoms with Crippen LogP contribution in [-0.2, 0) is 0 Å². The predicted molar refractivity (Wildman–Crippen MR) is 84.0 cm³/mol. The SMILES string of the molecule is [N-]=[N+]=N[C@@H](c1ccccc1)C1[C@H]2CC3C[C@H]1CC(Cl)(C3)C2. The molecular formula is C17H20ClN3. The van der Waals surface area contributed by atoms with Gasteiger partial charge in [0.15, 0.2) is 0 Å². The van der Waals surface area contributed by atoms with E-state index in [1.165, 1.54) is 19.3 Å². The minimum atomic E-state index is -0.0218. The molecule has 0 radical (unpaired) electrons. The zero-order valence-electron chi connectivity index (χ0n) is 12.0. The second-order valence-electron chi connectivity index (χ2n) is 7.26. The van der Waals surface area contributed by atoms with Gasteiger partial charge in [-0.15, -0.1) is 11.6 Å². The third-order valence-corrected chi connectivity index (χ3v) is 6.42. The van der Waals surface area contributed by atoms with Crippen LogP contribution in [-0.4, -0.2) is 4.87 Å². The van der Waals surface area contributed by atoms with Gasteiger partial charge in [0, 0.05) is 9.79 Å². The average Bonchev–Trinajstić information content (AvgIpc) is 2.45. The lowest BCUT2D eigenvalue weighted by molar-refractivity contribution is -0.0352. The number of alkyl halides is 1. The highest BCUT2D eigenvalue weighted by Crippen LogP contribution is 2.63. The third-order valence-electron chi connectivity index (χ3n) is 5.95. The Bertz CT molecular complexity index is 565. The van der Waals surface area contributed by atoms with E-state index in [2.05, 4.69) is 22.2 Å². The summed E-state index contributed by atoms with van der Waals surface area (Å²) in [6.45, 7) is 0. The van der Waals surface area contributed by atoms with Crippen LogP contribution in [0.1, 0.15) is 43.7 Å². The monoisotopic (exact) mass is 301 g/mol. The van der Waals surface area contributed by atoms with Gasteiger partial charge in [-0.25, -0.2) is 0 Å². The van der Waals surface area contributed by atoms with E-state index in [0.717, 1.165) is 24.3 Å². The van der Waals surface area contributed by atoms with E-state index in [-0.39, 0.29) is 10.9 Å². The van der Waals surface area contributed by atoms with Gasteiger partial charge in [0.05, 0.1) is 6.04 Å². The van der Waals surface area contributed by atoms with Gasteiger partial charge in [-0.2, -0.15) is 0 Å². The zero-order chi connectivity index (χ0) is 14.4. The highest BCUT2D eigenvalue weighted by Gasteiger charge is 2.56. The minimum absolute atomic E-state index is 0.0218. The number of nitrogens with zero attached hydrogens (tertiary/aromatic N) is 3. The fourth-order valence-electron chi connectivity index (χ4n) is 5.55. The van der Waals surface area contributed by atoms with E-state index in [4.69, 9.17) is 17.1 Å². The highest BCUT2D eigenvalue weighted by atomic mass is 35.5. The summed E-state index contributed by atoms with van der Waals surface area (Å²) >= 11 is 6.82. The first-order valence-electron chi connectivity index (χ1n) is 7.96. The van der Waals surface area contributed by atoms with Crippen LogP contribution in [0.3, 0.4) is 0 Å². The Kier molecular flexibility index (Phi) is 3.16. The molecule has 0 heterocycles. The predicted octanol–water partition coefficient (Wildman–Crippen LogP) is 5.47. The Balaban J connectivity index is 1.70. The van der Waals surface area contributed by atoms with Crippen LogP contribution in [0.2, 0.25) is 0 Å². The quantitative estimate of drug-likeness (QED) is 0.307. The van der Waals surface area contributed by atoms with Gasteiger partial charge in [0.2, 0.25) is 0 Å². The third kappa shape index (κ3) is 2.23. The van der Waals surface area contributed by atoms with Gasteiger partial charge in [0.1, 0.15) is 0 Å². The number of benzene rings is 1. The molecule has 3 atom stereocenters. The van der Waals surface area contributed by atoms with E-state index in [1.807, 2.05) is 18.2 Å². The van der Waals surface area contributed by atoms with Crippen molar-refractivity contribution < 1.29 is 0 Å². The summed E-state index contributed by atoms with van der Waals surface area (Å²) < 4.78 is 0. The van der Waals surface area contributed by atoms with E-state index in [9.17, 15) is 0 Å². The van der Waals surface area contributed by atoms with Crippen LogP contribution < -0.4 is 0 Å². The van der Waals surface area contributed by atoms with Crippen LogP contribution in [0, 0.1) is 23.7 Å². The smallest absolute Gasteiger partial charge is 0.0658 e. The van der Waals surface area contributed by atoms with Crippen LogP contribution in [0.25, 0.3) is 10.4 Å². The van der Waals surface area contributed by atoms with Crippen molar-refractivity contribution in [3.05, 3.63) is 46.3 Å². The van der Waals surface area contributed by atoms with Gasteiger partial charge in [-0.3, -0.25) is 0 Å². The van der Waals surface area contributed by atoms with E-state index in [0.29, 0.717) is 17.8 Å². The molecule has 4 fully saturated rings. The average molecular weight is 302 g/mol. The van der Waals surface area contributed by atoms with Crippen molar-refractivity contribution in [2.45, 2.75) is 43.0 Å². The molecule has 0 spiro atoms. The molecular weight excluding hydrogens is 282 g/mol. The maximum atomic E-state index is 9.04. The van der Waals surface area contributed by atoms with Crippen LogP contribution in [0.5, 0.6) is 0 Å². The topological polar surface area (TPSA) is 48.8 Å². The second-order valence-corrected chi connectivity index (χ2v) is 8.06. The van der Waals surface area contributed by atoms with Gasteiger partial charge >= 0.3 is 0 Å². The van der Waals surface area contributed by atoms with E-state index >= 15 is 0 Å². The van der Waals surface area contributed by atoms with E-state index in [1.54, 1.807) is 0 Å². The molecule has 0 unspecified atom stereocenters. The fourth-order valence-corrected chi connectivity index (χ4v) is 6.17. The summed E-state index contributed by atoms with van der Waals surface area (Å²) in [5, 5.41) is 4.20. The maximum absolute atomic E-state index is 9.04. The van der Waals surface area contributed by atoms with Crippen molar-refractivity contribution in [3.8, 4) is 0 Å². The lowest BCUT2D eigenvalue weighted by Gasteiger charge is -2.59. The molecule has 4 saturated carbocycles. The molecule has 4 aliphatic rings. The van der Waals surface area contributed by atoms with Gasteiger partial charge in [0.25, 0.3) is 0 Å². The normalized spacial score (nSPS) is 41.6. The first kappa shape index (κ1) is 13.5. The molecule has 1 aromatic rings. The lowest BCUT2D eigenvalue weighted by atomic mass is 9.50. The number of azide groups is 1. The fraction of sp³-hybridized carbons (Fsp3) is 0.647. The van der Waals surface area contributed by atoms with Crippen LogP contribution >= 0.6 is 11.6 Å². The molecule has 1 aromatic carbocycles. The number of halogens is 1. The highest BCUT2D eigenvalue weighted by molar-refractivity contribution is 6.24. The van der Waals surface area contributed by atoms with Crippen molar-refractivity contribution in [2.75, 3.05) is 0 Å². The van der Waals surface area contributed by atoms with Crippen molar-refractivity contribution in [1.29, 1.82) is 0 Å². The van der Waals surface area contributed by atoms with Crippen LogP contribution in [0.4, 0.5) is 0 Å². The molecule has 0 aliphatic heterocycles. The van der Waals surface area contributed by atoms with Gasteiger partial charge < -0.3 is 0 Å². The summed E-state index contributed by atoms with van der Waals surface area (Å²) in [6, 6.07) is 10.3. The van der Waals surface area contributed by atoms with Crippen molar-refractivity contribution in [1.82, 2.24) is 0 Å². The largest absolute Gasteiger partial charge is 0.119 e. The first-order chi connectivity index (χ1) is 10.2. The van der Waals surface area contributed by atoms with Gasteiger partial charge in [-0.05, 0) is 66.9 Å². The standard InChI is InChI=1S/C17H20ClN3/c18-17-8-11-6-13(9-17)15(14(7-11)10-17)16(20-21-19)12-4-2-1-3-5-12/h1-5,11,13-16H,6-10H2/t11?,13-,14-,15?,16-,17?/m0/s1. The number of hydrogen-bond acceptors (Lipinski definition) is 1. The molecule has 0 amide bonds. The molecule has 21 heavy (non-hydrogen) atoms. The van der Waals surface area contributed by atoms with Crippen molar-refractivity contribution >= 4 is 11.6 Å². The summed E-state index contributed by atoms with van der Waals surface area (Å²) in [4.78, 5) is 3.20. The van der Waals surface area contributed by atoms with Crippen LogP contribution in [0.15, 0.2) is 35.4 Å². The van der Waals surface area contributed by atoms with Gasteiger partial charge in [-0.1, -0.05) is 35.4 Å². The Hall–Kier alpha value is -1.18. The lowest BCUT2D eigenvalue weighted by Crippen LogP contribution is -2.53. The summed E-state index contributed by atoms with van der Waals surface area (Å²) in [5.74, 6) is 2.54. The first-order valence-corrected chi connectivity index (χ1v) is 8.34. The Morgan fingerprint density at radius 2 is 1.81 bits per heavy atom. The summed E-state index contributed by atoms with van der Waals surface area (Å²) in [5.41, 5.74) is 10.2. The van der Waals surface area contributed by atoms with Crippen molar-refractivity contribution in [2.24, 2.45) is 28.8 Å². The molecule has 0 saturated heterocycles. The Labute approximate surface area is 130 Å². The molecule has 4 heteroatoms. The molecule has 5 rings (SSSR count). The molecule has 3 nitrogen and oxygen atoms in total. The molecule has 110 valence electrons. The molecule has 0 N–H and O–H groups in total. The van der Waals surface area contributed by atoms with Crippen molar-refractivity contribution in [3.63, 3.8) is 0 Å². The summed E-state index contributed by atoms with van der Waals surface area (Å²) in [6.07, 6.45) is 5.97. The zero-order valence-corrected chi connectivity index (χ0v) is 12.8. The molecule has 4 bridgehead atoms. The Morgan fingerprint density at radius 1 is 1.14 bits per heavy atom. The molecule has 0 aromatic heterocycles. The Morgan fingerprint density at radius 3 is 2.38 bits per heavy atom. The minimum Gasteiger partial charge on any atom is -0.119 e. The molecule has 4 aliphatic carbocycles. The second kappa shape index (κ2) is 4.93. The summed E-state index contributed by atoms with van der Waals surface area (Å²) in [7, 11) is 0. The maximum Gasteiger partial charge on any atom is 0.0658 e. The number of hydrogen-bond donors (Lipinski definition) is 0. The van der Waals surface area contributed by atoms with E-state index < -0.39 is 0 Å².